The molecule has 0 aliphatic carbocycles. The molecule has 0 aliphatic rings. The molecule has 0 atom stereocenters. The molecule has 4 aromatic rings. The number of amides is 2. The Morgan fingerprint density at radius 3 is 1.36 bits per heavy atom. The topological polar surface area (TPSA) is 204 Å². The highest BCUT2D eigenvalue weighted by Gasteiger charge is 2.26. The molecule has 4 N–H and O–H groups in total. The lowest BCUT2D eigenvalue weighted by Gasteiger charge is -2.20. The van der Waals surface area contributed by atoms with E-state index in [2.05, 4.69) is 31.3 Å². The van der Waals surface area contributed by atoms with Gasteiger partial charge in [-0.05, 0) is 164 Å². The maximum absolute atomic E-state index is 14.8. The van der Waals surface area contributed by atoms with Gasteiger partial charge in [-0.2, -0.15) is 0 Å². The molecule has 14 nitrogen and oxygen atoms in total. The summed E-state index contributed by atoms with van der Waals surface area (Å²) in [5.41, 5.74) is 0.525. The Morgan fingerprint density at radius 2 is 0.943 bits per heavy atom. The van der Waals surface area contributed by atoms with Crippen LogP contribution in [0.3, 0.4) is 0 Å². The molecule has 2 amide bonds. The summed E-state index contributed by atoms with van der Waals surface area (Å²) in [6.07, 6.45) is 0. The maximum Gasteiger partial charge on any atom is 0.488 e. The zero-order valence-corrected chi connectivity index (χ0v) is 44.5. The molecule has 380 valence electrons. The third-order valence-corrected chi connectivity index (χ3v) is 10.1. The Balaban J connectivity index is 0.000000388. The smallest absolute Gasteiger partial charge is 0.465 e. The van der Waals surface area contributed by atoms with Crippen molar-refractivity contribution in [1.82, 2.24) is 10.6 Å². The normalized spacial score (nSPS) is 11.4. The predicted molar refractivity (Wildman–Crippen MR) is 268 cm³/mol. The van der Waals surface area contributed by atoms with Crippen molar-refractivity contribution in [1.29, 1.82) is 0 Å². The fourth-order valence-electron chi connectivity index (χ4n) is 5.86. The van der Waals surface area contributed by atoms with Crippen LogP contribution in [-0.4, -0.2) is 91.4 Å². The number of carbonyl (C=O) groups excluding carboxylic acids is 6. The Morgan fingerprint density at radius 1 is 0.543 bits per heavy atom. The summed E-state index contributed by atoms with van der Waals surface area (Å²) in [4.78, 5) is 73.0. The minimum atomic E-state index is -1.83. The zero-order valence-electron chi connectivity index (χ0n) is 42.9. The summed E-state index contributed by atoms with van der Waals surface area (Å²) in [5.74, 6) is -4.38. The van der Waals surface area contributed by atoms with E-state index >= 15 is 0 Å². The fraction of sp³-hybridized carbons (Fsp3) is 0.423. The van der Waals surface area contributed by atoms with Gasteiger partial charge in [0, 0.05) is 28.7 Å². The molecule has 0 aromatic heterocycles. The molecule has 0 aliphatic heterocycles. The number of rotatable bonds is 10. The Labute approximate surface area is 418 Å². The van der Waals surface area contributed by atoms with Gasteiger partial charge in [0.2, 0.25) is 0 Å². The maximum atomic E-state index is 14.8. The molecule has 0 bridgehead atoms. The Hall–Kier alpha value is -5.98. The Bertz CT molecular complexity index is 2570. The lowest BCUT2D eigenvalue weighted by Crippen LogP contribution is -2.34. The predicted octanol–water partition coefficient (Wildman–Crippen LogP) is 9.10. The summed E-state index contributed by atoms with van der Waals surface area (Å²) in [6.45, 7) is 26.3. The zero-order chi connectivity index (χ0) is 53.9. The van der Waals surface area contributed by atoms with Crippen LogP contribution in [-0.2, 0) is 18.9 Å². The van der Waals surface area contributed by atoms with Crippen LogP contribution < -0.4 is 16.1 Å². The van der Waals surface area contributed by atoms with Gasteiger partial charge >= 0.3 is 31.0 Å². The first-order valence-electron chi connectivity index (χ1n) is 22.1. The summed E-state index contributed by atoms with van der Waals surface area (Å²) >= 11 is 3.26. The van der Waals surface area contributed by atoms with Gasteiger partial charge in [-0.1, -0.05) is 47.6 Å². The first-order chi connectivity index (χ1) is 32.0. The summed E-state index contributed by atoms with van der Waals surface area (Å²) in [6, 6.07) is 14.2. The van der Waals surface area contributed by atoms with E-state index in [0.29, 0.717) is 39.8 Å². The lowest BCUT2D eigenvalue weighted by molar-refractivity contribution is 0.00567. The molecule has 0 unspecified atom stereocenters. The van der Waals surface area contributed by atoms with Crippen molar-refractivity contribution in [2.24, 2.45) is 10.8 Å². The standard InChI is InChI=1S/C26H32FNO5.C14H18BrNO3.C12H16BFO4/c1-15-19(12-17(13-21(15)27)23(30)33-26(5,6)7)18-10-9-16(11-20(18)24(31)32-8)22(29)28-14-25(2,3)4;1-14(2,3)8-16-12(17)9-5-6-11(15)10(7-9)13(18)19-4;1-7-9(13(16)17)5-8(6-10(7)14)11(15)18-12(2,3)4/h9-13H,14H2,1-8H3,(H,28,29);5-7H,8H2,1-4H3,(H,16,17);5-6,16-17H,1-4H3. The molecule has 0 saturated carbocycles. The number of hydrogen-bond donors (Lipinski definition) is 4. The number of esters is 4. The van der Waals surface area contributed by atoms with Crippen molar-refractivity contribution >= 4 is 64.2 Å². The van der Waals surface area contributed by atoms with Gasteiger partial charge in [0.15, 0.2) is 0 Å². The number of hydrogen-bond acceptors (Lipinski definition) is 12. The average Bonchev–Trinajstić information content (AvgIpc) is 3.24. The fourth-order valence-corrected chi connectivity index (χ4v) is 6.27. The number of halogens is 3. The molecule has 0 spiro atoms. The molecule has 0 fully saturated rings. The van der Waals surface area contributed by atoms with Crippen molar-refractivity contribution < 1.29 is 66.5 Å². The van der Waals surface area contributed by atoms with E-state index in [9.17, 15) is 37.5 Å². The van der Waals surface area contributed by atoms with Crippen LogP contribution in [0, 0.1) is 36.3 Å². The van der Waals surface area contributed by atoms with Gasteiger partial charge in [-0.25, -0.2) is 28.0 Å². The lowest BCUT2D eigenvalue weighted by atomic mass is 9.76. The average molecular weight is 1040 g/mol. The number of ether oxygens (including phenoxy) is 4. The van der Waals surface area contributed by atoms with E-state index in [4.69, 9.17) is 24.3 Å². The molecule has 70 heavy (non-hydrogen) atoms. The van der Waals surface area contributed by atoms with E-state index in [1.54, 1.807) is 72.7 Å². The summed E-state index contributed by atoms with van der Waals surface area (Å²) < 4.78 is 48.9. The highest BCUT2D eigenvalue weighted by atomic mass is 79.9. The number of carbonyl (C=O) groups is 6. The summed E-state index contributed by atoms with van der Waals surface area (Å²) in [7, 11) is 0.700. The Kier molecular flexibility index (Phi) is 21.2. The molecular weight excluding hydrogens is 973 g/mol. The van der Waals surface area contributed by atoms with E-state index in [1.165, 1.54) is 45.4 Å². The van der Waals surface area contributed by atoms with E-state index in [1.807, 2.05) is 41.5 Å². The van der Waals surface area contributed by atoms with Crippen LogP contribution >= 0.6 is 15.9 Å². The number of methoxy groups -OCH3 is 2. The minimum Gasteiger partial charge on any atom is -0.465 e. The molecule has 4 rings (SSSR count). The monoisotopic (exact) mass is 1040 g/mol. The molecule has 18 heteroatoms. The van der Waals surface area contributed by atoms with E-state index < -0.39 is 53.8 Å². The van der Waals surface area contributed by atoms with Crippen molar-refractivity contribution in [3.05, 3.63) is 121 Å². The van der Waals surface area contributed by atoms with Crippen molar-refractivity contribution in [2.75, 3.05) is 27.3 Å². The third-order valence-electron chi connectivity index (χ3n) is 9.45. The van der Waals surface area contributed by atoms with Crippen molar-refractivity contribution in [3.8, 4) is 11.1 Å². The largest absolute Gasteiger partial charge is 0.488 e. The summed E-state index contributed by atoms with van der Waals surface area (Å²) in [5, 5.41) is 23.9. The first kappa shape index (κ1) is 60.1. The van der Waals surface area contributed by atoms with Crippen LogP contribution in [0.2, 0.25) is 0 Å². The SMILES string of the molecule is COC(=O)c1cc(C(=O)NCC(C)(C)C)ccc1-c1cc(C(=O)OC(C)(C)C)cc(F)c1C.COC(=O)c1cc(C(=O)NCC(C)(C)C)ccc1Br.Cc1c(F)cc(C(=O)OC(C)(C)C)cc1B(O)O. The van der Waals surface area contributed by atoms with Gasteiger partial charge in [0.25, 0.3) is 11.8 Å². The van der Waals surface area contributed by atoms with Gasteiger partial charge in [0.1, 0.15) is 22.8 Å². The second kappa shape index (κ2) is 24.7. The van der Waals surface area contributed by atoms with E-state index in [-0.39, 0.29) is 61.5 Å². The second-order valence-electron chi connectivity index (χ2n) is 20.6. The van der Waals surface area contributed by atoms with E-state index in [0.717, 1.165) is 12.1 Å². The van der Waals surface area contributed by atoms with Crippen LogP contribution in [0.25, 0.3) is 11.1 Å². The molecule has 4 aromatic carbocycles. The molecule has 0 saturated heterocycles. The molecule has 0 radical (unpaired) electrons. The second-order valence-corrected chi connectivity index (χ2v) is 21.5. The van der Waals surface area contributed by atoms with Gasteiger partial charge in [-0.15, -0.1) is 0 Å². The van der Waals surface area contributed by atoms with Crippen LogP contribution in [0.4, 0.5) is 8.78 Å². The highest BCUT2D eigenvalue weighted by molar-refractivity contribution is 9.10. The first-order valence-corrected chi connectivity index (χ1v) is 22.9. The molecule has 0 heterocycles. The molecular formula is C52H66BBrF2N2O12. The van der Waals surface area contributed by atoms with Crippen LogP contribution in [0.1, 0.15) is 156 Å². The van der Waals surface area contributed by atoms with Gasteiger partial charge in [-0.3, -0.25) is 9.59 Å². The number of benzene rings is 4. The van der Waals surface area contributed by atoms with Gasteiger partial charge in [0.05, 0.1) is 36.5 Å². The quantitative estimate of drug-likeness (QED) is 0.0668. The van der Waals surface area contributed by atoms with Crippen molar-refractivity contribution in [2.45, 2.75) is 108 Å². The van der Waals surface area contributed by atoms with Crippen molar-refractivity contribution in [3.63, 3.8) is 0 Å². The minimum absolute atomic E-state index is 0.0101. The highest BCUT2D eigenvalue weighted by Crippen LogP contribution is 2.32. The third kappa shape index (κ3) is 19.1. The number of nitrogens with one attached hydrogen (secondary N) is 2. The van der Waals surface area contributed by atoms with Gasteiger partial charge < -0.3 is 39.6 Å². The van der Waals surface area contributed by atoms with Crippen LogP contribution in [0.5, 0.6) is 0 Å². The van der Waals surface area contributed by atoms with Crippen LogP contribution in [0.15, 0.2) is 65.1 Å².